The highest BCUT2D eigenvalue weighted by Gasteiger charge is 2.30. The molecule has 0 aliphatic carbocycles. The van der Waals surface area contributed by atoms with E-state index < -0.39 is 23.6 Å². The smallest absolute Gasteiger partial charge is 0.320 e. The minimum atomic E-state index is -4.40. The molecule has 5 heteroatoms. The topological polar surface area (TPSA) is 26.0 Å². The summed E-state index contributed by atoms with van der Waals surface area (Å²) in [7, 11) is 0. The largest absolute Gasteiger partial charge is 0.416 e. The molecule has 0 saturated heterocycles. The lowest BCUT2D eigenvalue weighted by Crippen LogP contribution is -2.13. The van der Waals surface area contributed by atoms with Gasteiger partial charge in [0.15, 0.2) is 0 Å². The van der Waals surface area contributed by atoms with Crippen molar-refractivity contribution in [2.45, 2.75) is 12.2 Å². The lowest BCUT2D eigenvalue weighted by Gasteiger charge is -2.15. The predicted octanol–water partition coefficient (Wildman–Crippen LogP) is 3.89. The maximum absolute atomic E-state index is 12.8. The molecule has 0 radical (unpaired) electrons. The Labute approximate surface area is 107 Å². The van der Waals surface area contributed by atoms with Gasteiger partial charge in [0.25, 0.3) is 0 Å². The fourth-order valence-corrected chi connectivity index (χ4v) is 1.77. The van der Waals surface area contributed by atoms with Gasteiger partial charge in [0, 0.05) is 0 Å². The molecule has 0 bridgehead atoms. The van der Waals surface area contributed by atoms with Crippen molar-refractivity contribution in [1.29, 1.82) is 0 Å². The third-order valence-electron chi connectivity index (χ3n) is 2.80. The Hall–Kier alpha value is -1.88. The number of rotatable bonds is 2. The summed E-state index contributed by atoms with van der Waals surface area (Å²) in [6.45, 7) is 0. The summed E-state index contributed by atoms with van der Waals surface area (Å²) < 4.78 is 50.6. The highest BCUT2D eigenvalue weighted by Crippen LogP contribution is 2.31. The Kier molecular flexibility index (Phi) is 3.57. The van der Waals surface area contributed by atoms with Gasteiger partial charge in [-0.05, 0) is 35.4 Å². The summed E-state index contributed by atoms with van der Waals surface area (Å²) in [5.41, 5.74) is 6.03. The zero-order valence-electron chi connectivity index (χ0n) is 9.79. The molecule has 2 aromatic carbocycles. The number of benzene rings is 2. The molecule has 100 valence electrons. The molecule has 1 unspecified atom stereocenters. The van der Waals surface area contributed by atoms with Gasteiger partial charge in [-0.1, -0.05) is 24.3 Å². The van der Waals surface area contributed by atoms with Crippen LogP contribution in [0.4, 0.5) is 17.6 Å². The van der Waals surface area contributed by atoms with Gasteiger partial charge < -0.3 is 5.73 Å². The first-order valence-electron chi connectivity index (χ1n) is 5.56. The molecule has 1 atom stereocenters. The standard InChI is InChI=1S/C14H11F4N/c15-12-6-4-9(5-7-12)13(19)10-2-1-3-11(8-10)14(16,17)18/h1-8,13H,19H2. The molecule has 0 fully saturated rings. The number of hydrogen-bond acceptors (Lipinski definition) is 1. The maximum Gasteiger partial charge on any atom is 0.416 e. The Morgan fingerprint density at radius 3 is 2.11 bits per heavy atom. The van der Waals surface area contributed by atoms with Crippen LogP contribution >= 0.6 is 0 Å². The Balaban J connectivity index is 2.34. The monoisotopic (exact) mass is 269 g/mol. The zero-order valence-corrected chi connectivity index (χ0v) is 9.79. The number of hydrogen-bond donors (Lipinski definition) is 1. The highest BCUT2D eigenvalue weighted by molar-refractivity contribution is 5.34. The molecule has 2 aromatic rings. The van der Waals surface area contributed by atoms with Crippen molar-refractivity contribution >= 4 is 0 Å². The first-order chi connectivity index (χ1) is 8.88. The van der Waals surface area contributed by atoms with Crippen LogP contribution in [-0.2, 0) is 6.18 Å². The Morgan fingerprint density at radius 2 is 1.53 bits per heavy atom. The summed E-state index contributed by atoms with van der Waals surface area (Å²) in [6.07, 6.45) is -4.40. The van der Waals surface area contributed by atoms with Crippen molar-refractivity contribution in [2.75, 3.05) is 0 Å². The minimum Gasteiger partial charge on any atom is -0.320 e. The molecule has 0 aliphatic heterocycles. The van der Waals surface area contributed by atoms with Crippen LogP contribution in [0.1, 0.15) is 22.7 Å². The predicted molar refractivity (Wildman–Crippen MR) is 63.9 cm³/mol. The van der Waals surface area contributed by atoms with Crippen molar-refractivity contribution in [3.8, 4) is 0 Å². The number of nitrogens with two attached hydrogens (primary N) is 1. The molecule has 0 amide bonds. The summed E-state index contributed by atoms with van der Waals surface area (Å²) in [5, 5.41) is 0. The van der Waals surface area contributed by atoms with Gasteiger partial charge in [-0.25, -0.2) is 4.39 Å². The van der Waals surface area contributed by atoms with Crippen molar-refractivity contribution in [1.82, 2.24) is 0 Å². The number of halogens is 4. The van der Waals surface area contributed by atoms with Gasteiger partial charge in [-0.2, -0.15) is 13.2 Å². The van der Waals surface area contributed by atoms with E-state index in [0.717, 1.165) is 12.1 Å². The van der Waals surface area contributed by atoms with E-state index in [1.165, 1.54) is 36.4 Å². The molecule has 0 aromatic heterocycles. The first-order valence-corrected chi connectivity index (χ1v) is 5.56. The second kappa shape index (κ2) is 5.01. The summed E-state index contributed by atoms with van der Waals surface area (Å²) in [6, 6.07) is 9.47. The molecule has 0 saturated carbocycles. The van der Waals surface area contributed by atoms with E-state index in [0.29, 0.717) is 11.1 Å². The van der Waals surface area contributed by atoms with E-state index in [4.69, 9.17) is 5.73 Å². The fraction of sp³-hybridized carbons (Fsp3) is 0.143. The molecule has 2 rings (SSSR count). The molecule has 0 aliphatic rings. The normalized spacial score (nSPS) is 13.3. The Bertz CT molecular complexity index is 560. The van der Waals surface area contributed by atoms with Crippen LogP contribution in [0, 0.1) is 5.82 Å². The molecule has 0 heterocycles. The van der Waals surface area contributed by atoms with E-state index >= 15 is 0 Å². The average Bonchev–Trinajstić information content (AvgIpc) is 2.38. The molecule has 0 spiro atoms. The third-order valence-corrected chi connectivity index (χ3v) is 2.80. The van der Waals surface area contributed by atoms with E-state index in [2.05, 4.69) is 0 Å². The zero-order chi connectivity index (χ0) is 14.0. The van der Waals surface area contributed by atoms with Crippen LogP contribution in [0.15, 0.2) is 48.5 Å². The van der Waals surface area contributed by atoms with Crippen molar-refractivity contribution in [3.05, 3.63) is 71.0 Å². The van der Waals surface area contributed by atoms with E-state index in [1.54, 1.807) is 0 Å². The van der Waals surface area contributed by atoms with Gasteiger partial charge in [0.2, 0.25) is 0 Å². The van der Waals surface area contributed by atoms with Crippen LogP contribution in [0.3, 0.4) is 0 Å². The molecule has 2 N–H and O–H groups in total. The second-order valence-electron chi connectivity index (χ2n) is 4.15. The van der Waals surface area contributed by atoms with Crippen molar-refractivity contribution in [3.63, 3.8) is 0 Å². The minimum absolute atomic E-state index is 0.335. The first kappa shape index (κ1) is 13.5. The molecule has 19 heavy (non-hydrogen) atoms. The average molecular weight is 269 g/mol. The van der Waals surface area contributed by atoms with Gasteiger partial charge in [0.05, 0.1) is 11.6 Å². The highest BCUT2D eigenvalue weighted by atomic mass is 19.4. The summed E-state index contributed by atoms with van der Waals surface area (Å²) in [4.78, 5) is 0. The van der Waals surface area contributed by atoms with Gasteiger partial charge in [0.1, 0.15) is 5.82 Å². The lowest BCUT2D eigenvalue weighted by atomic mass is 9.98. The summed E-state index contributed by atoms with van der Waals surface area (Å²) >= 11 is 0. The molecular weight excluding hydrogens is 258 g/mol. The van der Waals surface area contributed by atoms with E-state index in [9.17, 15) is 17.6 Å². The Morgan fingerprint density at radius 1 is 0.895 bits per heavy atom. The quantitative estimate of drug-likeness (QED) is 0.822. The van der Waals surface area contributed by atoms with Gasteiger partial charge >= 0.3 is 6.18 Å². The second-order valence-corrected chi connectivity index (χ2v) is 4.15. The third kappa shape index (κ3) is 3.12. The van der Waals surface area contributed by atoms with Crippen LogP contribution in [0.25, 0.3) is 0 Å². The molecular formula is C14H11F4N. The van der Waals surface area contributed by atoms with E-state index in [-0.39, 0.29) is 0 Å². The van der Waals surface area contributed by atoms with Gasteiger partial charge in [-0.15, -0.1) is 0 Å². The SMILES string of the molecule is NC(c1ccc(F)cc1)c1cccc(C(F)(F)F)c1. The van der Waals surface area contributed by atoms with Crippen LogP contribution in [0.5, 0.6) is 0 Å². The van der Waals surface area contributed by atoms with Crippen LogP contribution in [-0.4, -0.2) is 0 Å². The lowest BCUT2D eigenvalue weighted by molar-refractivity contribution is -0.137. The van der Waals surface area contributed by atoms with Gasteiger partial charge in [-0.3, -0.25) is 0 Å². The van der Waals surface area contributed by atoms with E-state index in [1.807, 2.05) is 0 Å². The maximum atomic E-state index is 12.8. The molecule has 1 nitrogen and oxygen atoms in total. The van der Waals surface area contributed by atoms with Crippen molar-refractivity contribution in [2.24, 2.45) is 5.73 Å². The fourth-order valence-electron chi connectivity index (χ4n) is 1.77. The number of alkyl halides is 3. The van der Waals surface area contributed by atoms with Crippen molar-refractivity contribution < 1.29 is 17.6 Å². The summed E-state index contributed by atoms with van der Waals surface area (Å²) in [5.74, 6) is -0.417. The van der Waals surface area contributed by atoms with Crippen LogP contribution < -0.4 is 5.73 Å². The van der Waals surface area contributed by atoms with Crippen LogP contribution in [0.2, 0.25) is 0 Å².